The van der Waals surface area contributed by atoms with Crippen molar-refractivity contribution >= 4 is 17.1 Å². The first kappa shape index (κ1) is 22.2. The largest absolute Gasteiger partial charge is 0.497 e. The number of alkyl halides is 3. The molecule has 0 aliphatic rings. The fraction of sp³-hybridized carbons (Fsp3) is 0.160. The zero-order valence-electron chi connectivity index (χ0n) is 17.1. The van der Waals surface area contributed by atoms with Gasteiger partial charge in [-0.3, -0.25) is 0 Å². The summed E-state index contributed by atoms with van der Waals surface area (Å²) in [5, 5.41) is 0. The molecule has 0 bridgehead atoms. The van der Waals surface area contributed by atoms with Gasteiger partial charge in [0.1, 0.15) is 5.75 Å². The van der Waals surface area contributed by atoms with Gasteiger partial charge in [-0.15, -0.1) is 0 Å². The molecule has 3 rings (SSSR count). The van der Waals surface area contributed by atoms with E-state index in [0.29, 0.717) is 28.0 Å². The van der Waals surface area contributed by atoms with Gasteiger partial charge in [-0.2, -0.15) is 13.2 Å². The number of halogens is 3. The maximum Gasteiger partial charge on any atom is 0.416 e. The van der Waals surface area contributed by atoms with Crippen LogP contribution in [0.5, 0.6) is 5.75 Å². The van der Waals surface area contributed by atoms with Gasteiger partial charge in [0, 0.05) is 5.57 Å². The first-order valence-corrected chi connectivity index (χ1v) is 9.64. The second-order valence-electron chi connectivity index (χ2n) is 6.64. The summed E-state index contributed by atoms with van der Waals surface area (Å²) >= 11 is 0. The minimum Gasteiger partial charge on any atom is -0.497 e. The predicted molar refractivity (Wildman–Crippen MR) is 113 cm³/mol. The molecule has 0 fully saturated rings. The van der Waals surface area contributed by atoms with Crippen LogP contribution in [0.3, 0.4) is 0 Å². The second-order valence-corrected chi connectivity index (χ2v) is 6.64. The van der Waals surface area contributed by atoms with E-state index >= 15 is 0 Å². The SMILES string of the molecule is CCOC(=O)/C(=C(/c1ccc(OC)cc1)c1ccc(C(F)(F)F)cc1)c1ccccc1. The van der Waals surface area contributed by atoms with Gasteiger partial charge in [-0.05, 0) is 47.9 Å². The van der Waals surface area contributed by atoms with Gasteiger partial charge in [0.15, 0.2) is 0 Å². The summed E-state index contributed by atoms with van der Waals surface area (Å²) in [6.45, 7) is 1.86. The predicted octanol–water partition coefficient (Wildman–Crippen LogP) is 6.24. The zero-order chi connectivity index (χ0) is 22.4. The quantitative estimate of drug-likeness (QED) is 0.266. The summed E-state index contributed by atoms with van der Waals surface area (Å²) < 4.78 is 49.7. The standard InChI is InChI=1S/C25H21F3O3/c1-3-31-24(29)23(17-7-5-4-6-8-17)22(19-11-15-21(30-2)16-12-19)18-9-13-20(14-10-18)25(26,27)28/h4-16H,3H2,1-2H3/b23-22+. The maximum atomic E-state index is 13.1. The Kier molecular flexibility index (Phi) is 6.80. The normalized spacial score (nSPS) is 12.2. The van der Waals surface area contributed by atoms with Crippen molar-refractivity contribution in [3.05, 3.63) is 101 Å². The highest BCUT2D eigenvalue weighted by Gasteiger charge is 2.30. The lowest BCUT2D eigenvalue weighted by Crippen LogP contribution is -2.10. The van der Waals surface area contributed by atoms with E-state index in [1.165, 1.54) is 19.2 Å². The van der Waals surface area contributed by atoms with Crippen LogP contribution in [0.4, 0.5) is 13.2 Å². The number of ether oxygens (including phenoxy) is 2. The number of methoxy groups -OCH3 is 1. The number of carbonyl (C=O) groups is 1. The highest BCUT2D eigenvalue weighted by molar-refractivity contribution is 6.26. The van der Waals surface area contributed by atoms with Crippen molar-refractivity contribution in [2.24, 2.45) is 0 Å². The molecule has 0 unspecified atom stereocenters. The Labute approximate surface area is 178 Å². The Bertz CT molecular complexity index is 1050. The molecule has 0 aliphatic heterocycles. The van der Waals surface area contributed by atoms with Crippen LogP contribution < -0.4 is 4.74 Å². The monoisotopic (exact) mass is 426 g/mol. The second kappa shape index (κ2) is 9.51. The molecule has 3 nitrogen and oxygen atoms in total. The van der Waals surface area contributed by atoms with Gasteiger partial charge < -0.3 is 9.47 Å². The minimum atomic E-state index is -4.45. The first-order chi connectivity index (χ1) is 14.8. The molecule has 0 aromatic heterocycles. The Balaban J connectivity index is 2.29. The fourth-order valence-corrected chi connectivity index (χ4v) is 3.21. The molecule has 0 radical (unpaired) electrons. The van der Waals surface area contributed by atoms with Crippen molar-refractivity contribution in [3.63, 3.8) is 0 Å². The van der Waals surface area contributed by atoms with E-state index < -0.39 is 17.7 Å². The molecule has 31 heavy (non-hydrogen) atoms. The van der Waals surface area contributed by atoms with Crippen LogP contribution in [0, 0.1) is 0 Å². The molecule has 3 aromatic rings. The van der Waals surface area contributed by atoms with Crippen molar-refractivity contribution < 1.29 is 27.4 Å². The molecule has 0 amide bonds. The zero-order valence-corrected chi connectivity index (χ0v) is 17.1. The molecule has 0 spiro atoms. The summed E-state index contributed by atoms with van der Waals surface area (Å²) in [5.41, 5.74) is 1.69. The third-order valence-electron chi connectivity index (χ3n) is 4.67. The van der Waals surface area contributed by atoms with Crippen LogP contribution in [-0.4, -0.2) is 19.7 Å². The van der Waals surface area contributed by atoms with Crippen molar-refractivity contribution in [1.29, 1.82) is 0 Å². The van der Waals surface area contributed by atoms with Gasteiger partial charge >= 0.3 is 12.1 Å². The Hall–Kier alpha value is -3.54. The van der Waals surface area contributed by atoms with Gasteiger partial charge in [-0.25, -0.2) is 4.79 Å². The van der Waals surface area contributed by atoms with Crippen LogP contribution in [0.2, 0.25) is 0 Å². The van der Waals surface area contributed by atoms with E-state index in [9.17, 15) is 18.0 Å². The molecule has 0 N–H and O–H groups in total. The Morgan fingerprint density at radius 2 is 1.35 bits per heavy atom. The molecular weight excluding hydrogens is 405 g/mol. The Morgan fingerprint density at radius 3 is 1.84 bits per heavy atom. The lowest BCUT2D eigenvalue weighted by molar-refractivity contribution is -0.138. The minimum absolute atomic E-state index is 0.165. The molecule has 0 saturated carbocycles. The van der Waals surface area contributed by atoms with Gasteiger partial charge in [-0.1, -0.05) is 54.6 Å². The van der Waals surface area contributed by atoms with Crippen LogP contribution in [-0.2, 0) is 15.7 Å². The third kappa shape index (κ3) is 5.15. The highest BCUT2D eigenvalue weighted by Crippen LogP contribution is 2.36. The van der Waals surface area contributed by atoms with Crippen molar-refractivity contribution in [2.45, 2.75) is 13.1 Å². The van der Waals surface area contributed by atoms with Crippen LogP contribution in [0.1, 0.15) is 29.2 Å². The van der Waals surface area contributed by atoms with Gasteiger partial charge in [0.2, 0.25) is 0 Å². The molecule has 0 heterocycles. The van der Waals surface area contributed by atoms with Crippen LogP contribution in [0.25, 0.3) is 11.1 Å². The number of rotatable bonds is 6. The smallest absolute Gasteiger partial charge is 0.416 e. The fourth-order valence-electron chi connectivity index (χ4n) is 3.21. The molecule has 3 aromatic carbocycles. The average molecular weight is 426 g/mol. The lowest BCUT2D eigenvalue weighted by atomic mass is 9.89. The van der Waals surface area contributed by atoms with Crippen molar-refractivity contribution in [3.8, 4) is 5.75 Å². The van der Waals surface area contributed by atoms with E-state index in [0.717, 1.165) is 12.1 Å². The maximum absolute atomic E-state index is 13.1. The summed E-state index contributed by atoms with van der Waals surface area (Å²) in [4.78, 5) is 13.0. The van der Waals surface area contributed by atoms with Gasteiger partial charge in [0.25, 0.3) is 0 Å². The number of esters is 1. The van der Waals surface area contributed by atoms with Crippen molar-refractivity contribution in [2.75, 3.05) is 13.7 Å². The third-order valence-corrected chi connectivity index (χ3v) is 4.67. The van der Waals surface area contributed by atoms with E-state index in [-0.39, 0.29) is 12.2 Å². The molecule has 0 aliphatic carbocycles. The lowest BCUT2D eigenvalue weighted by Gasteiger charge is -2.17. The molecule has 0 saturated heterocycles. The summed E-state index contributed by atoms with van der Waals surface area (Å²) in [5.74, 6) is 0.0623. The average Bonchev–Trinajstić information content (AvgIpc) is 2.78. The Morgan fingerprint density at radius 1 is 0.806 bits per heavy atom. The number of hydrogen-bond donors (Lipinski definition) is 0. The van der Waals surface area contributed by atoms with E-state index in [4.69, 9.17) is 9.47 Å². The highest BCUT2D eigenvalue weighted by atomic mass is 19.4. The summed E-state index contributed by atoms with van der Waals surface area (Å²) in [6, 6.07) is 20.6. The van der Waals surface area contributed by atoms with Crippen molar-refractivity contribution in [1.82, 2.24) is 0 Å². The van der Waals surface area contributed by atoms with E-state index in [1.54, 1.807) is 55.5 Å². The molecular formula is C25H21F3O3. The topological polar surface area (TPSA) is 35.5 Å². The van der Waals surface area contributed by atoms with Crippen LogP contribution >= 0.6 is 0 Å². The molecule has 6 heteroatoms. The number of benzene rings is 3. The summed E-state index contributed by atoms with van der Waals surface area (Å²) in [6.07, 6.45) is -4.45. The number of hydrogen-bond acceptors (Lipinski definition) is 3. The summed E-state index contributed by atoms with van der Waals surface area (Å²) in [7, 11) is 1.54. The van der Waals surface area contributed by atoms with E-state index in [1.807, 2.05) is 6.07 Å². The molecule has 0 atom stereocenters. The van der Waals surface area contributed by atoms with E-state index in [2.05, 4.69) is 0 Å². The molecule has 160 valence electrons. The van der Waals surface area contributed by atoms with Gasteiger partial charge in [0.05, 0.1) is 24.9 Å². The first-order valence-electron chi connectivity index (χ1n) is 9.64. The van der Waals surface area contributed by atoms with Crippen LogP contribution in [0.15, 0.2) is 78.9 Å². The number of carbonyl (C=O) groups excluding carboxylic acids is 1.